The molecule has 1 atom stereocenters. The number of hydrogen-bond donors (Lipinski definition) is 0. The number of nitrogens with zero attached hydrogens (tertiary/aromatic N) is 2. The molecule has 36 heavy (non-hydrogen) atoms. The molecule has 6 heteroatoms. The van der Waals surface area contributed by atoms with Crippen molar-refractivity contribution in [3.8, 4) is 0 Å². The molecule has 190 valence electrons. The fraction of sp³-hybridized carbons (Fsp3) is 0.467. The smallest absolute Gasteiger partial charge is 0.418 e. The Labute approximate surface area is 221 Å². The summed E-state index contributed by atoms with van der Waals surface area (Å²) in [6.45, 7) is 10.3. The fourth-order valence-electron chi connectivity index (χ4n) is 6.34. The minimum Gasteiger partial charge on any atom is -0.443 e. The van der Waals surface area contributed by atoms with Crippen molar-refractivity contribution in [2.75, 3.05) is 0 Å². The van der Waals surface area contributed by atoms with Crippen LogP contribution in [0.15, 0.2) is 47.1 Å². The first-order valence-corrected chi connectivity index (χ1v) is 13.7. The largest absolute Gasteiger partial charge is 0.443 e. The molecule has 3 aromatic rings. The molecule has 1 spiro atoms. The number of carbonyl (C=O) groups is 2. The van der Waals surface area contributed by atoms with E-state index in [-0.39, 0.29) is 23.5 Å². The van der Waals surface area contributed by atoms with Crippen molar-refractivity contribution in [3.63, 3.8) is 0 Å². The van der Waals surface area contributed by atoms with Gasteiger partial charge in [0.25, 0.3) is 0 Å². The van der Waals surface area contributed by atoms with E-state index in [0.29, 0.717) is 6.54 Å². The van der Waals surface area contributed by atoms with Crippen molar-refractivity contribution in [1.82, 2.24) is 9.47 Å². The van der Waals surface area contributed by atoms with Gasteiger partial charge in [-0.1, -0.05) is 53.4 Å². The van der Waals surface area contributed by atoms with Crippen LogP contribution in [0.2, 0.25) is 0 Å². The monoisotopic (exact) mass is 550 g/mol. The first kappa shape index (κ1) is 25.1. The lowest BCUT2D eigenvalue weighted by molar-refractivity contribution is -0.180. The van der Waals surface area contributed by atoms with Gasteiger partial charge in [0.1, 0.15) is 5.60 Å². The number of hydrogen-bond acceptors (Lipinski definition) is 3. The third kappa shape index (κ3) is 4.17. The highest BCUT2D eigenvalue weighted by Crippen LogP contribution is 2.58. The van der Waals surface area contributed by atoms with Gasteiger partial charge in [0.2, 0.25) is 5.91 Å². The molecule has 0 N–H and O–H groups in total. The van der Waals surface area contributed by atoms with E-state index in [1.807, 2.05) is 33.8 Å². The molecule has 2 heterocycles. The highest BCUT2D eigenvalue weighted by molar-refractivity contribution is 9.10. The molecule has 2 aliphatic rings. The van der Waals surface area contributed by atoms with Crippen LogP contribution in [0.25, 0.3) is 10.9 Å². The lowest BCUT2D eigenvalue weighted by Crippen LogP contribution is -2.63. The molecule has 5 nitrogen and oxygen atoms in total. The molecular formula is C30H35BrN2O3. The van der Waals surface area contributed by atoms with E-state index >= 15 is 0 Å². The fourth-order valence-corrected chi connectivity index (χ4v) is 6.61. The average molecular weight is 552 g/mol. The first-order chi connectivity index (χ1) is 17.0. The maximum Gasteiger partial charge on any atom is 0.418 e. The van der Waals surface area contributed by atoms with Crippen molar-refractivity contribution in [2.24, 2.45) is 5.41 Å². The molecule has 1 saturated heterocycles. The lowest BCUT2D eigenvalue weighted by Gasteiger charge is -2.58. The Hall–Kier alpha value is -2.60. The van der Waals surface area contributed by atoms with E-state index in [9.17, 15) is 9.59 Å². The van der Waals surface area contributed by atoms with Crippen LogP contribution in [0.5, 0.6) is 0 Å². The number of fused-ring (bicyclic) bond motifs is 1. The standard InChI is InChI=1S/C30H35BrN2O3/c1-19-17-20(2)25-23(13-16-32(25)28(35)36-29(3,4)5)24(19)18-33-26(21-9-11-22(31)12-10-21)30(27(33)34)14-7-6-8-15-30/h9-13,16-17,26H,6-8,14-15,18H2,1-5H3. The number of ether oxygens (including phenoxy) is 1. The zero-order valence-electron chi connectivity index (χ0n) is 21.9. The van der Waals surface area contributed by atoms with Gasteiger partial charge in [-0.3, -0.25) is 9.36 Å². The number of halogens is 1. The predicted octanol–water partition coefficient (Wildman–Crippen LogP) is 7.84. The third-order valence-electron chi connectivity index (χ3n) is 7.87. The zero-order valence-corrected chi connectivity index (χ0v) is 23.4. The van der Waals surface area contributed by atoms with Gasteiger partial charge in [-0.2, -0.15) is 0 Å². The molecule has 5 rings (SSSR count). The maximum atomic E-state index is 13.8. The Morgan fingerprint density at radius 2 is 1.72 bits per heavy atom. The molecule has 2 fully saturated rings. The highest BCUT2D eigenvalue weighted by Gasteiger charge is 2.60. The van der Waals surface area contributed by atoms with Gasteiger partial charge in [-0.05, 0) is 87.9 Å². The summed E-state index contributed by atoms with van der Waals surface area (Å²) in [6, 6.07) is 12.6. The summed E-state index contributed by atoms with van der Waals surface area (Å²) in [7, 11) is 0. The Morgan fingerprint density at radius 3 is 2.36 bits per heavy atom. The van der Waals surface area contributed by atoms with E-state index in [0.717, 1.165) is 57.7 Å². The van der Waals surface area contributed by atoms with Gasteiger partial charge in [0, 0.05) is 22.6 Å². The third-order valence-corrected chi connectivity index (χ3v) is 8.39. The van der Waals surface area contributed by atoms with Gasteiger partial charge in [-0.15, -0.1) is 0 Å². The Bertz CT molecular complexity index is 1330. The summed E-state index contributed by atoms with van der Waals surface area (Å²) in [6.07, 6.45) is 6.75. The molecule has 0 bridgehead atoms. The number of carbonyl (C=O) groups excluding carboxylic acids is 2. The van der Waals surface area contributed by atoms with Gasteiger partial charge in [0.05, 0.1) is 17.0 Å². The van der Waals surface area contributed by atoms with Gasteiger partial charge >= 0.3 is 6.09 Å². The quantitative estimate of drug-likeness (QED) is 0.312. The van der Waals surface area contributed by atoms with Crippen LogP contribution in [0.4, 0.5) is 4.79 Å². The molecular weight excluding hydrogens is 516 g/mol. The summed E-state index contributed by atoms with van der Waals surface area (Å²) in [4.78, 5) is 28.8. The number of likely N-dealkylation sites (tertiary alicyclic amines) is 1. The molecule has 1 aliphatic heterocycles. The zero-order chi connectivity index (χ0) is 25.8. The van der Waals surface area contributed by atoms with Crippen LogP contribution >= 0.6 is 15.9 Å². The van der Waals surface area contributed by atoms with Crippen LogP contribution in [0.1, 0.15) is 81.2 Å². The van der Waals surface area contributed by atoms with E-state index in [1.165, 1.54) is 12.0 Å². The molecule has 1 aromatic heterocycles. The molecule has 1 amide bonds. The summed E-state index contributed by atoms with van der Waals surface area (Å²) >= 11 is 3.56. The summed E-state index contributed by atoms with van der Waals surface area (Å²) < 4.78 is 8.31. The molecule has 0 radical (unpaired) electrons. The second-order valence-electron chi connectivity index (χ2n) is 11.5. The number of amides is 1. The maximum absolute atomic E-state index is 13.8. The van der Waals surface area contributed by atoms with Crippen molar-refractivity contribution < 1.29 is 14.3 Å². The summed E-state index contributed by atoms with van der Waals surface area (Å²) in [5.74, 6) is 0.273. The van der Waals surface area contributed by atoms with Crippen LogP contribution in [-0.2, 0) is 16.1 Å². The average Bonchev–Trinajstić information content (AvgIpc) is 3.27. The van der Waals surface area contributed by atoms with Crippen LogP contribution in [0, 0.1) is 19.3 Å². The number of aryl methyl sites for hydroxylation is 2. The topological polar surface area (TPSA) is 51.5 Å². The predicted molar refractivity (Wildman–Crippen MR) is 146 cm³/mol. The lowest BCUT2D eigenvalue weighted by atomic mass is 9.60. The Morgan fingerprint density at radius 1 is 1.06 bits per heavy atom. The second kappa shape index (κ2) is 9.05. The number of rotatable bonds is 3. The van der Waals surface area contributed by atoms with Crippen LogP contribution < -0.4 is 0 Å². The minimum atomic E-state index is -0.578. The van der Waals surface area contributed by atoms with E-state index < -0.39 is 5.60 Å². The van der Waals surface area contributed by atoms with Gasteiger partial charge in [-0.25, -0.2) is 4.79 Å². The normalized spacial score (nSPS) is 19.6. The van der Waals surface area contributed by atoms with Gasteiger partial charge < -0.3 is 9.64 Å². The Kier molecular flexibility index (Phi) is 6.30. The van der Waals surface area contributed by atoms with Crippen molar-refractivity contribution in [3.05, 3.63) is 69.3 Å². The molecule has 1 saturated carbocycles. The summed E-state index contributed by atoms with van der Waals surface area (Å²) in [5, 5.41) is 1.00. The number of aromatic nitrogens is 1. The highest BCUT2D eigenvalue weighted by atomic mass is 79.9. The summed E-state index contributed by atoms with van der Waals surface area (Å²) in [5.41, 5.74) is 4.44. The second-order valence-corrected chi connectivity index (χ2v) is 12.4. The first-order valence-electron chi connectivity index (χ1n) is 12.9. The molecule has 1 aliphatic carbocycles. The Balaban J connectivity index is 1.55. The van der Waals surface area contributed by atoms with E-state index in [1.54, 1.807) is 10.8 Å². The molecule has 1 unspecified atom stereocenters. The van der Waals surface area contributed by atoms with Crippen LogP contribution in [0.3, 0.4) is 0 Å². The van der Waals surface area contributed by atoms with Gasteiger partial charge in [0.15, 0.2) is 0 Å². The van der Waals surface area contributed by atoms with Crippen molar-refractivity contribution in [2.45, 2.75) is 84.9 Å². The van der Waals surface area contributed by atoms with Crippen molar-refractivity contribution in [1.29, 1.82) is 0 Å². The number of benzene rings is 2. The minimum absolute atomic E-state index is 0.0714. The molecule has 2 aromatic carbocycles. The number of β-lactam (4-membered cyclic amide) rings is 1. The van der Waals surface area contributed by atoms with Crippen molar-refractivity contribution >= 4 is 38.8 Å². The SMILES string of the molecule is Cc1cc(C)c2c(ccn2C(=O)OC(C)(C)C)c1CN1C(=O)C2(CCCCC2)C1c1ccc(Br)cc1. The van der Waals surface area contributed by atoms with E-state index in [4.69, 9.17) is 4.74 Å². The van der Waals surface area contributed by atoms with Crippen LogP contribution in [-0.4, -0.2) is 27.1 Å². The van der Waals surface area contributed by atoms with E-state index in [2.05, 4.69) is 58.1 Å².